The average molecular weight is 289 g/mol. The van der Waals surface area contributed by atoms with Crippen molar-refractivity contribution in [2.75, 3.05) is 27.2 Å². The van der Waals surface area contributed by atoms with E-state index in [1.54, 1.807) is 7.11 Å². The molecule has 1 aromatic rings. The third-order valence-corrected chi connectivity index (χ3v) is 3.97. The van der Waals surface area contributed by atoms with Gasteiger partial charge >= 0.3 is 0 Å². The lowest BCUT2D eigenvalue weighted by atomic mass is 10.0. The molecule has 2 rings (SSSR count). The van der Waals surface area contributed by atoms with Crippen LogP contribution in [-0.4, -0.2) is 38.1 Å². The average Bonchev–Trinajstić information content (AvgIpc) is 2.47. The summed E-state index contributed by atoms with van der Waals surface area (Å²) in [6.07, 6.45) is 2.57. The van der Waals surface area contributed by atoms with Crippen LogP contribution in [0.15, 0.2) is 23.2 Å². The van der Waals surface area contributed by atoms with Gasteiger partial charge in [0.25, 0.3) is 0 Å². The summed E-state index contributed by atoms with van der Waals surface area (Å²) in [6.45, 7) is 7.37. The summed E-state index contributed by atoms with van der Waals surface area (Å²) in [4.78, 5) is 6.79. The molecule has 4 heteroatoms. The number of nitrogens with zero attached hydrogens (tertiary/aromatic N) is 2. The highest BCUT2D eigenvalue weighted by atomic mass is 16.5. The summed E-state index contributed by atoms with van der Waals surface area (Å²) in [5, 5.41) is 3.47. The van der Waals surface area contributed by atoms with Crippen molar-refractivity contribution in [1.29, 1.82) is 0 Å². The van der Waals surface area contributed by atoms with Gasteiger partial charge in [-0.2, -0.15) is 0 Å². The van der Waals surface area contributed by atoms with Gasteiger partial charge in [0.2, 0.25) is 0 Å². The predicted molar refractivity (Wildman–Crippen MR) is 87.9 cm³/mol. The minimum Gasteiger partial charge on any atom is -0.497 e. The molecule has 1 aliphatic rings. The number of aliphatic imine (C=N–C) groups is 1. The van der Waals surface area contributed by atoms with Crippen LogP contribution in [0.4, 0.5) is 0 Å². The third kappa shape index (κ3) is 4.38. The fourth-order valence-corrected chi connectivity index (χ4v) is 2.94. The fraction of sp³-hybridized carbons (Fsp3) is 0.588. The Kier molecular flexibility index (Phi) is 5.48. The van der Waals surface area contributed by atoms with Gasteiger partial charge in [0, 0.05) is 26.7 Å². The van der Waals surface area contributed by atoms with Crippen LogP contribution >= 0.6 is 0 Å². The molecule has 1 N–H and O–H groups in total. The van der Waals surface area contributed by atoms with Crippen molar-refractivity contribution in [2.24, 2.45) is 10.9 Å². The van der Waals surface area contributed by atoms with E-state index in [9.17, 15) is 0 Å². The zero-order chi connectivity index (χ0) is 15.2. The Morgan fingerprint density at radius 3 is 2.90 bits per heavy atom. The van der Waals surface area contributed by atoms with Crippen LogP contribution in [0, 0.1) is 12.8 Å². The van der Waals surface area contributed by atoms with Crippen molar-refractivity contribution in [2.45, 2.75) is 33.2 Å². The molecule has 1 saturated heterocycles. The van der Waals surface area contributed by atoms with Crippen molar-refractivity contribution >= 4 is 5.96 Å². The zero-order valence-corrected chi connectivity index (χ0v) is 13.6. The molecule has 0 radical (unpaired) electrons. The maximum atomic E-state index is 5.33. The molecular weight excluding hydrogens is 262 g/mol. The monoisotopic (exact) mass is 289 g/mol. The van der Waals surface area contributed by atoms with E-state index in [2.05, 4.69) is 41.2 Å². The molecule has 0 amide bonds. The van der Waals surface area contributed by atoms with Gasteiger partial charge in [-0.3, -0.25) is 4.99 Å². The van der Waals surface area contributed by atoms with E-state index in [1.807, 2.05) is 13.1 Å². The van der Waals surface area contributed by atoms with E-state index in [1.165, 1.54) is 24.0 Å². The van der Waals surface area contributed by atoms with Gasteiger partial charge in [-0.15, -0.1) is 0 Å². The minimum atomic E-state index is 0.747. The van der Waals surface area contributed by atoms with Gasteiger partial charge < -0.3 is 15.0 Å². The number of methoxy groups -OCH3 is 1. The smallest absolute Gasteiger partial charge is 0.193 e. The first kappa shape index (κ1) is 15.7. The second-order valence-corrected chi connectivity index (χ2v) is 5.95. The molecule has 1 fully saturated rings. The highest BCUT2D eigenvalue weighted by Crippen LogP contribution is 2.17. The maximum Gasteiger partial charge on any atom is 0.193 e. The number of ether oxygens (including phenoxy) is 1. The molecule has 1 heterocycles. The molecule has 1 aliphatic heterocycles. The van der Waals surface area contributed by atoms with Gasteiger partial charge in [0.1, 0.15) is 5.75 Å². The van der Waals surface area contributed by atoms with Gasteiger partial charge in [-0.05, 0) is 48.9 Å². The number of piperidine rings is 1. The molecule has 4 nitrogen and oxygen atoms in total. The molecule has 21 heavy (non-hydrogen) atoms. The molecule has 0 aliphatic carbocycles. The van der Waals surface area contributed by atoms with Crippen LogP contribution in [0.5, 0.6) is 5.75 Å². The van der Waals surface area contributed by atoms with E-state index in [4.69, 9.17) is 4.74 Å². The molecule has 116 valence electrons. The van der Waals surface area contributed by atoms with E-state index in [-0.39, 0.29) is 0 Å². The van der Waals surface area contributed by atoms with E-state index >= 15 is 0 Å². The van der Waals surface area contributed by atoms with Crippen molar-refractivity contribution in [1.82, 2.24) is 10.2 Å². The number of hydrogen-bond acceptors (Lipinski definition) is 2. The van der Waals surface area contributed by atoms with E-state index in [0.717, 1.165) is 37.3 Å². The Bertz CT molecular complexity index is 499. The highest BCUT2D eigenvalue weighted by Gasteiger charge is 2.18. The first-order chi connectivity index (χ1) is 10.1. The normalized spacial score (nSPS) is 19.5. The maximum absolute atomic E-state index is 5.33. The Labute approximate surface area is 128 Å². The summed E-state index contributed by atoms with van der Waals surface area (Å²) in [5.74, 6) is 2.66. The number of benzene rings is 1. The molecule has 0 saturated carbocycles. The molecular formula is C17H27N3O. The van der Waals surface area contributed by atoms with Gasteiger partial charge in [0.15, 0.2) is 5.96 Å². The van der Waals surface area contributed by atoms with Gasteiger partial charge in [-0.1, -0.05) is 13.0 Å². The van der Waals surface area contributed by atoms with Gasteiger partial charge in [-0.25, -0.2) is 0 Å². The predicted octanol–water partition coefficient (Wildman–Crippen LogP) is 2.81. The summed E-state index contributed by atoms with van der Waals surface area (Å²) in [6, 6.07) is 6.30. The molecule has 0 spiro atoms. The summed E-state index contributed by atoms with van der Waals surface area (Å²) in [7, 11) is 3.57. The summed E-state index contributed by atoms with van der Waals surface area (Å²) < 4.78 is 5.33. The first-order valence-corrected chi connectivity index (χ1v) is 7.72. The quantitative estimate of drug-likeness (QED) is 0.687. The number of likely N-dealkylation sites (tertiary alicyclic amines) is 1. The van der Waals surface area contributed by atoms with Crippen LogP contribution in [0.3, 0.4) is 0 Å². The third-order valence-electron chi connectivity index (χ3n) is 3.97. The lowest BCUT2D eigenvalue weighted by molar-refractivity contribution is 0.266. The second kappa shape index (κ2) is 7.34. The molecule has 0 aromatic heterocycles. The Hall–Kier alpha value is -1.71. The number of nitrogens with one attached hydrogen (secondary N) is 1. The van der Waals surface area contributed by atoms with Crippen LogP contribution in [0.2, 0.25) is 0 Å². The topological polar surface area (TPSA) is 36.9 Å². The summed E-state index contributed by atoms with van der Waals surface area (Å²) in [5.41, 5.74) is 2.44. The lowest BCUT2D eigenvalue weighted by Crippen LogP contribution is -2.45. The van der Waals surface area contributed by atoms with Gasteiger partial charge in [0.05, 0.1) is 7.11 Å². The number of hydrogen-bond donors (Lipinski definition) is 1. The standard InChI is InChI=1S/C17H27N3O/c1-13-6-5-7-20(12-13)17(18-3)19-11-15-8-14(2)9-16(10-15)21-4/h8-10,13H,5-7,11-12H2,1-4H3,(H,18,19). The zero-order valence-electron chi connectivity index (χ0n) is 13.6. The van der Waals surface area contributed by atoms with Crippen LogP contribution < -0.4 is 10.1 Å². The van der Waals surface area contributed by atoms with E-state index < -0.39 is 0 Å². The number of aryl methyl sites for hydroxylation is 1. The molecule has 1 unspecified atom stereocenters. The second-order valence-electron chi connectivity index (χ2n) is 5.95. The molecule has 1 atom stereocenters. The van der Waals surface area contributed by atoms with Crippen LogP contribution in [0.25, 0.3) is 0 Å². The SMILES string of the molecule is CN=C(NCc1cc(C)cc(OC)c1)N1CCCC(C)C1. The summed E-state index contributed by atoms with van der Waals surface area (Å²) >= 11 is 0. The van der Waals surface area contributed by atoms with Crippen molar-refractivity contribution in [3.8, 4) is 5.75 Å². The van der Waals surface area contributed by atoms with E-state index in [0.29, 0.717) is 0 Å². The Morgan fingerprint density at radius 1 is 1.43 bits per heavy atom. The first-order valence-electron chi connectivity index (χ1n) is 7.72. The number of guanidine groups is 1. The largest absolute Gasteiger partial charge is 0.497 e. The Morgan fingerprint density at radius 2 is 2.24 bits per heavy atom. The highest BCUT2D eigenvalue weighted by molar-refractivity contribution is 5.80. The molecule has 0 bridgehead atoms. The van der Waals surface area contributed by atoms with Crippen molar-refractivity contribution < 1.29 is 4.74 Å². The minimum absolute atomic E-state index is 0.747. The lowest BCUT2D eigenvalue weighted by Gasteiger charge is -2.33. The molecule has 1 aromatic carbocycles. The number of rotatable bonds is 3. The van der Waals surface area contributed by atoms with Crippen LogP contribution in [0.1, 0.15) is 30.9 Å². The van der Waals surface area contributed by atoms with Crippen LogP contribution in [-0.2, 0) is 6.54 Å². The fourth-order valence-electron chi connectivity index (χ4n) is 2.94. The van der Waals surface area contributed by atoms with Crippen molar-refractivity contribution in [3.63, 3.8) is 0 Å². The Balaban J connectivity index is 1.98. The van der Waals surface area contributed by atoms with Crippen molar-refractivity contribution in [3.05, 3.63) is 29.3 Å².